The highest BCUT2D eigenvalue weighted by molar-refractivity contribution is 6.63. The number of benzene rings is 2. The Morgan fingerprint density at radius 1 is 1.04 bits per heavy atom. The van der Waals surface area contributed by atoms with Crippen LogP contribution in [0.5, 0.6) is 5.75 Å². The van der Waals surface area contributed by atoms with Crippen molar-refractivity contribution in [3.05, 3.63) is 59.7 Å². The van der Waals surface area contributed by atoms with Crippen LogP contribution in [0.3, 0.4) is 0 Å². The maximum absolute atomic E-state index is 12.5. The van der Waals surface area contributed by atoms with E-state index in [4.69, 9.17) is 14.0 Å². The number of hydrogen-bond acceptors (Lipinski definition) is 4. The van der Waals surface area contributed by atoms with Gasteiger partial charge in [0.25, 0.3) is 5.91 Å². The second kappa shape index (κ2) is 7.37. The molecule has 1 saturated heterocycles. The van der Waals surface area contributed by atoms with Gasteiger partial charge in [0.2, 0.25) is 0 Å². The highest BCUT2D eigenvalue weighted by atomic mass is 16.7. The first-order valence-electron chi connectivity index (χ1n) is 9.09. The topological polar surface area (TPSA) is 56.8 Å². The predicted molar refractivity (Wildman–Crippen MR) is 106 cm³/mol. The molecule has 1 fully saturated rings. The summed E-state index contributed by atoms with van der Waals surface area (Å²) in [7, 11) is 1.04. The smallest absolute Gasteiger partial charge is 0.497 e. The minimum atomic E-state index is -0.536. The Morgan fingerprint density at radius 2 is 1.67 bits per heavy atom. The molecular weight excluding hydrogens is 341 g/mol. The van der Waals surface area contributed by atoms with Gasteiger partial charge in [0.15, 0.2) is 0 Å². The van der Waals surface area contributed by atoms with Crippen molar-refractivity contribution in [2.24, 2.45) is 0 Å². The van der Waals surface area contributed by atoms with Crippen LogP contribution in [0.15, 0.2) is 48.5 Å². The number of carbonyl (C=O) groups is 1. The normalized spacial score (nSPS) is 17.6. The third-order valence-electron chi connectivity index (χ3n) is 5.30. The molecule has 3 rings (SSSR count). The van der Waals surface area contributed by atoms with Crippen molar-refractivity contribution >= 4 is 18.5 Å². The SMILES string of the molecule is COc1cc(C(=O)NCc2ccccc2)ccc1B1OC(C)(C)C(C)(C)O1. The molecule has 1 heterocycles. The highest BCUT2D eigenvalue weighted by Gasteiger charge is 2.52. The van der Waals surface area contributed by atoms with Gasteiger partial charge in [-0.05, 0) is 45.4 Å². The van der Waals surface area contributed by atoms with E-state index in [-0.39, 0.29) is 5.91 Å². The van der Waals surface area contributed by atoms with E-state index >= 15 is 0 Å². The predicted octanol–water partition coefficient (Wildman–Crippen LogP) is 2.92. The van der Waals surface area contributed by atoms with Gasteiger partial charge < -0.3 is 19.4 Å². The van der Waals surface area contributed by atoms with Crippen molar-refractivity contribution in [3.8, 4) is 5.75 Å². The van der Waals surface area contributed by atoms with Crippen molar-refractivity contribution in [3.63, 3.8) is 0 Å². The summed E-state index contributed by atoms with van der Waals surface area (Å²) in [6, 6.07) is 15.1. The molecule has 0 radical (unpaired) electrons. The van der Waals surface area contributed by atoms with Gasteiger partial charge in [-0.3, -0.25) is 4.79 Å². The maximum atomic E-state index is 12.5. The fourth-order valence-corrected chi connectivity index (χ4v) is 2.90. The van der Waals surface area contributed by atoms with Crippen LogP contribution in [-0.4, -0.2) is 31.3 Å². The summed E-state index contributed by atoms with van der Waals surface area (Å²) >= 11 is 0. The van der Waals surface area contributed by atoms with Gasteiger partial charge in [0.1, 0.15) is 5.75 Å². The lowest BCUT2D eigenvalue weighted by Gasteiger charge is -2.32. The molecule has 1 amide bonds. The molecule has 0 unspecified atom stereocenters. The van der Waals surface area contributed by atoms with Gasteiger partial charge in [-0.1, -0.05) is 36.4 Å². The first-order valence-corrected chi connectivity index (χ1v) is 9.09. The van der Waals surface area contributed by atoms with Crippen LogP contribution in [0.2, 0.25) is 0 Å². The largest absolute Gasteiger partial charge is 0.498 e. The van der Waals surface area contributed by atoms with Crippen LogP contribution in [0, 0.1) is 0 Å². The molecule has 0 atom stereocenters. The van der Waals surface area contributed by atoms with Crippen LogP contribution in [0.25, 0.3) is 0 Å². The van der Waals surface area contributed by atoms with Crippen molar-refractivity contribution in [2.75, 3.05) is 7.11 Å². The average molecular weight is 367 g/mol. The number of nitrogens with one attached hydrogen (secondary N) is 1. The number of rotatable bonds is 5. The molecule has 0 aromatic heterocycles. The Labute approximate surface area is 161 Å². The van der Waals surface area contributed by atoms with E-state index in [1.54, 1.807) is 19.2 Å². The first-order chi connectivity index (χ1) is 12.7. The summed E-state index contributed by atoms with van der Waals surface area (Å²) < 4.78 is 17.7. The van der Waals surface area contributed by atoms with Gasteiger partial charge in [-0.2, -0.15) is 0 Å². The van der Waals surface area contributed by atoms with E-state index in [9.17, 15) is 4.79 Å². The van der Waals surface area contributed by atoms with Gasteiger partial charge in [0.05, 0.1) is 18.3 Å². The van der Waals surface area contributed by atoms with Crippen molar-refractivity contribution in [1.29, 1.82) is 0 Å². The van der Waals surface area contributed by atoms with Gasteiger partial charge in [-0.15, -0.1) is 0 Å². The lowest BCUT2D eigenvalue weighted by Crippen LogP contribution is -2.41. The van der Waals surface area contributed by atoms with Gasteiger partial charge in [-0.25, -0.2) is 0 Å². The van der Waals surface area contributed by atoms with Crippen LogP contribution in [0.4, 0.5) is 0 Å². The number of hydrogen-bond donors (Lipinski definition) is 1. The van der Waals surface area contributed by atoms with Crippen LogP contribution >= 0.6 is 0 Å². The molecule has 6 heteroatoms. The molecule has 0 aliphatic carbocycles. The van der Waals surface area contributed by atoms with Crippen LogP contribution < -0.4 is 15.5 Å². The minimum Gasteiger partial charge on any atom is -0.497 e. The van der Waals surface area contributed by atoms with E-state index in [2.05, 4.69) is 5.32 Å². The zero-order chi connectivity index (χ0) is 19.7. The molecule has 1 aliphatic rings. The summed E-state index contributed by atoms with van der Waals surface area (Å²) in [4.78, 5) is 12.5. The zero-order valence-corrected chi connectivity index (χ0v) is 16.5. The molecule has 0 bridgehead atoms. The number of carbonyl (C=O) groups excluding carboxylic acids is 1. The summed E-state index contributed by atoms with van der Waals surface area (Å²) in [6.45, 7) is 8.49. The Bertz CT molecular complexity index is 804. The van der Waals surface area contributed by atoms with Crippen LogP contribution in [-0.2, 0) is 15.9 Å². The molecule has 0 spiro atoms. The number of ether oxygens (including phenoxy) is 1. The lowest BCUT2D eigenvalue weighted by molar-refractivity contribution is 0.00578. The fraction of sp³-hybridized carbons (Fsp3) is 0.381. The standard InChI is InChI=1S/C21H26BNO4/c1-20(2)21(3,4)27-22(26-20)17-12-11-16(13-18(17)25-5)19(24)23-14-15-9-7-6-8-10-15/h6-13H,14H2,1-5H3,(H,23,24). The first kappa shape index (κ1) is 19.5. The highest BCUT2D eigenvalue weighted by Crippen LogP contribution is 2.37. The van der Waals surface area contributed by atoms with Crippen molar-refractivity contribution in [1.82, 2.24) is 5.32 Å². The molecule has 27 heavy (non-hydrogen) atoms. The second-order valence-electron chi connectivity index (χ2n) is 7.71. The molecule has 2 aromatic rings. The third-order valence-corrected chi connectivity index (χ3v) is 5.30. The quantitative estimate of drug-likeness (QED) is 0.826. The number of methoxy groups -OCH3 is 1. The summed E-state index contributed by atoms with van der Waals surface area (Å²) in [5.41, 5.74) is 1.48. The Balaban J connectivity index is 1.76. The van der Waals surface area contributed by atoms with E-state index in [1.807, 2.05) is 64.1 Å². The van der Waals surface area contributed by atoms with E-state index < -0.39 is 18.3 Å². The van der Waals surface area contributed by atoms with E-state index in [0.29, 0.717) is 17.9 Å². The molecule has 2 aromatic carbocycles. The lowest BCUT2D eigenvalue weighted by atomic mass is 9.78. The summed E-state index contributed by atoms with van der Waals surface area (Å²) in [5, 5.41) is 2.92. The third kappa shape index (κ3) is 4.02. The molecule has 1 aliphatic heterocycles. The van der Waals surface area contributed by atoms with Gasteiger partial charge in [0, 0.05) is 17.6 Å². The second-order valence-corrected chi connectivity index (χ2v) is 7.71. The molecule has 1 N–H and O–H groups in total. The maximum Gasteiger partial charge on any atom is 0.498 e. The minimum absolute atomic E-state index is 0.155. The summed E-state index contributed by atoms with van der Waals surface area (Å²) in [6.07, 6.45) is 0. The monoisotopic (exact) mass is 367 g/mol. The van der Waals surface area contributed by atoms with Crippen LogP contribution in [0.1, 0.15) is 43.6 Å². The Morgan fingerprint density at radius 3 is 2.26 bits per heavy atom. The fourth-order valence-electron chi connectivity index (χ4n) is 2.90. The van der Waals surface area contributed by atoms with Crippen molar-refractivity contribution < 1.29 is 18.8 Å². The Hall–Kier alpha value is -2.31. The Kier molecular flexibility index (Phi) is 5.31. The van der Waals surface area contributed by atoms with Crippen molar-refractivity contribution in [2.45, 2.75) is 45.4 Å². The van der Waals surface area contributed by atoms with E-state index in [1.165, 1.54) is 0 Å². The van der Waals surface area contributed by atoms with E-state index in [0.717, 1.165) is 11.0 Å². The summed E-state index contributed by atoms with van der Waals surface area (Å²) in [5.74, 6) is 0.415. The number of amides is 1. The molecule has 0 saturated carbocycles. The molecule has 5 nitrogen and oxygen atoms in total. The van der Waals surface area contributed by atoms with Gasteiger partial charge >= 0.3 is 7.12 Å². The molecular formula is C21H26BNO4. The zero-order valence-electron chi connectivity index (χ0n) is 16.5. The average Bonchev–Trinajstić information content (AvgIpc) is 2.87. The molecule has 142 valence electrons.